The van der Waals surface area contributed by atoms with Crippen LogP contribution in [-0.4, -0.2) is 20.0 Å². The first-order valence-electron chi connectivity index (χ1n) is 9.05. The zero-order valence-corrected chi connectivity index (χ0v) is 17.2. The zero-order valence-electron chi connectivity index (χ0n) is 17.2. The molecule has 2 nitrogen and oxygen atoms in total. The van der Waals surface area contributed by atoms with Gasteiger partial charge in [-0.2, -0.15) is 0 Å². The molecular weight excluding hydrogens is 272 g/mol. The van der Waals surface area contributed by atoms with Crippen molar-refractivity contribution in [2.75, 3.05) is 14.2 Å². The first-order valence-corrected chi connectivity index (χ1v) is 9.05. The van der Waals surface area contributed by atoms with E-state index in [9.17, 15) is 0 Å². The Morgan fingerprint density at radius 2 is 1.32 bits per heavy atom. The minimum absolute atomic E-state index is 0.209. The summed E-state index contributed by atoms with van der Waals surface area (Å²) in [4.78, 5) is 0. The molecule has 0 bridgehead atoms. The van der Waals surface area contributed by atoms with E-state index in [2.05, 4.69) is 62.3 Å². The minimum atomic E-state index is -0.513. The fraction of sp³-hybridized carbons (Fsp3) is 1.00. The van der Waals surface area contributed by atoms with Crippen LogP contribution < -0.4 is 0 Å². The van der Waals surface area contributed by atoms with Gasteiger partial charge in [-0.25, -0.2) is 0 Å². The lowest BCUT2D eigenvalue weighted by atomic mass is 9.60. The third-order valence-electron chi connectivity index (χ3n) is 7.03. The van der Waals surface area contributed by atoms with Crippen LogP contribution in [0.1, 0.15) is 81.6 Å². The van der Waals surface area contributed by atoms with Gasteiger partial charge in [-0.15, -0.1) is 0 Å². The van der Waals surface area contributed by atoms with Gasteiger partial charge in [0.15, 0.2) is 5.79 Å². The molecule has 0 radical (unpaired) electrons. The van der Waals surface area contributed by atoms with Crippen LogP contribution in [0.25, 0.3) is 0 Å². The molecule has 0 aromatic carbocycles. The average molecular weight is 315 g/mol. The van der Waals surface area contributed by atoms with Crippen molar-refractivity contribution < 1.29 is 9.47 Å². The Morgan fingerprint density at radius 1 is 0.864 bits per heavy atom. The summed E-state index contributed by atoms with van der Waals surface area (Å²) in [5.41, 5.74) is 0.548. The molecule has 0 amide bonds. The van der Waals surface area contributed by atoms with Gasteiger partial charge in [0.25, 0.3) is 0 Å². The van der Waals surface area contributed by atoms with Crippen molar-refractivity contribution in [3.8, 4) is 0 Å². The Kier molecular flexibility index (Phi) is 8.12. The van der Waals surface area contributed by atoms with Crippen molar-refractivity contribution in [2.45, 2.75) is 87.4 Å². The van der Waals surface area contributed by atoms with E-state index in [4.69, 9.17) is 9.47 Å². The SMILES string of the molecule is CCC(C(C)(CC)CC(C)C(C)(C)C(C)C)C(C)(OC)OC. The van der Waals surface area contributed by atoms with Gasteiger partial charge in [-0.1, -0.05) is 61.8 Å². The van der Waals surface area contributed by atoms with Gasteiger partial charge in [-0.3, -0.25) is 0 Å². The van der Waals surface area contributed by atoms with E-state index in [1.54, 1.807) is 14.2 Å². The normalized spacial score (nSPS) is 19.1. The third-order valence-corrected chi connectivity index (χ3v) is 7.03. The molecule has 0 aliphatic carbocycles. The molecule has 0 aromatic rings. The molecule has 2 heteroatoms. The van der Waals surface area contributed by atoms with E-state index in [1.165, 1.54) is 6.42 Å². The number of hydrogen-bond donors (Lipinski definition) is 0. The molecule has 3 atom stereocenters. The predicted octanol–water partition coefficient (Wildman–Crippen LogP) is 6.15. The van der Waals surface area contributed by atoms with Crippen LogP contribution in [-0.2, 0) is 9.47 Å². The summed E-state index contributed by atoms with van der Waals surface area (Å²) in [6.45, 7) is 21.0. The molecule has 0 saturated heterocycles. The quantitative estimate of drug-likeness (QED) is 0.450. The summed E-state index contributed by atoms with van der Waals surface area (Å²) < 4.78 is 11.6. The second-order valence-corrected chi connectivity index (χ2v) is 8.47. The Balaban J connectivity index is 5.49. The highest BCUT2D eigenvalue weighted by Crippen LogP contribution is 2.50. The van der Waals surface area contributed by atoms with Crippen molar-refractivity contribution in [2.24, 2.45) is 28.6 Å². The molecular formula is C20H42O2. The lowest BCUT2D eigenvalue weighted by molar-refractivity contribution is -0.252. The zero-order chi connectivity index (χ0) is 17.8. The van der Waals surface area contributed by atoms with Crippen LogP contribution >= 0.6 is 0 Å². The summed E-state index contributed by atoms with van der Waals surface area (Å²) in [7, 11) is 3.54. The van der Waals surface area contributed by atoms with Gasteiger partial charge in [0.05, 0.1) is 0 Å². The number of ether oxygens (including phenoxy) is 2. The molecule has 0 N–H and O–H groups in total. The Morgan fingerprint density at radius 3 is 1.59 bits per heavy atom. The number of hydrogen-bond acceptors (Lipinski definition) is 2. The van der Waals surface area contributed by atoms with Gasteiger partial charge in [0.2, 0.25) is 0 Å². The van der Waals surface area contributed by atoms with Crippen molar-refractivity contribution >= 4 is 0 Å². The molecule has 0 aliphatic rings. The summed E-state index contributed by atoms with van der Waals surface area (Å²) in [5.74, 6) is 1.20. The van der Waals surface area contributed by atoms with Gasteiger partial charge in [0.1, 0.15) is 0 Å². The van der Waals surface area contributed by atoms with E-state index in [1.807, 2.05) is 0 Å². The molecule has 0 heterocycles. The summed E-state index contributed by atoms with van der Waals surface area (Å²) >= 11 is 0. The average Bonchev–Trinajstić information content (AvgIpc) is 2.47. The lowest BCUT2D eigenvalue weighted by Gasteiger charge is -2.49. The maximum Gasteiger partial charge on any atom is 0.168 e. The van der Waals surface area contributed by atoms with Gasteiger partial charge < -0.3 is 9.47 Å². The molecule has 22 heavy (non-hydrogen) atoms. The topological polar surface area (TPSA) is 18.5 Å². The fourth-order valence-electron chi connectivity index (χ4n) is 3.93. The van der Waals surface area contributed by atoms with Crippen LogP contribution in [0.4, 0.5) is 0 Å². The molecule has 3 unspecified atom stereocenters. The van der Waals surface area contributed by atoms with Crippen molar-refractivity contribution in [3.63, 3.8) is 0 Å². The van der Waals surface area contributed by atoms with Crippen LogP contribution in [0, 0.1) is 28.6 Å². The predicted molar refractivity (Wildman–Crippen MR) is 97.0 cm³/mol. The van der Waals surface area contributed by atoms with Crippen LogP contribution in [0.5, 0.6) is 0 Å². The fourth-order valence-corrected chi connectivity index (χ4v) is 3.93. The second kappa shape index (κ2) is 8.15. The first-order chi connectivity index (χ1) is 9.95. The molecule has 0 aromatic heterocycles. The highest BCUT2D eigenvalue weighted by molar-refractivity contribution is 4.92. The van der Waals surface area contributed by atoms with E-state index < -0.39 is 5.79 Å². The van der Waals surface area contributed by atoms with Gasteiger partial charge >= 0.3 is 0 Å². The van der Waals surface area contributed by atoms with Crippen LogP contribution in [0.15, 0.2) is 0 Å². The Labute approximate surface area is 140 Å². The molecule has 0 fully saturated rings. The van der Waals surface area contributed by atoms with Crippen molar-refractivity contribution in [1.82, 2.24) is 0 Å². The van der Waals surface area contributed by atoms with E-state index in [-0.39, 0.29) is 5.41 Å². The smallest absolute Gasteiger partial charge is 0.168 e. The van der Waals surface area contributed by atoms with Gasteiger partial charge in [-0.05, 0) is 42.4 Å². The van der Waals surface area contributed by atoms with Crippen molar-refractivity contribution in [3.05, 3.63) is 0 Å². The maximum absolute atomic E-state index is 5.78. The van der Waals surface area contributed by atoms with Crippen molar-refractivity contribution in [1.29, 1.82) is 0 Å². The molecule has 0 saturated carbocycles. The summed E-state index contributed by atoms with van der Waals surface area (Å²) in [6.07, 6.45) is 3.42. The molecule has 0 spiro atoms. The van der Waals surface area contributed by atoms with Crippen LogP contribution in [0.2, 0.25) is 0 Å². The monoisotopic (exact) mass is 314 g/mol. The first kappa shape index (κ1) is 21.9. The Bertz CT molecular complexity index is 318. The minimum Gasteiger partial charge on any atom is -0.353 e. The second-order valence-electron chi connectivity index (χ2n) is 8.47. The van der Waals surface area contributed by atoms with E-state index in [0.717, 1.165) is 12.8 Å². The largest absolute Gasteiger partial charge is 0.353 e. The lowest BCUT2D eigenvalue weighted by Crippen LogP contribution is -2.48. The number of methoxy groups -OCH3 is 2. The summed E-state index contributed by atoms with van der Waals surface area (Å²) in [6, 6.07) is 0. The Hall–Kier alpha value is -0.0800. The van der Waals surface area contributed by atoms with Gasteiger partial charge in [0, 0.05) is 20.1 Å². The standard InChI is InChI=1S/C20H42O2/c1-12-17(20(9,21-10)22-11)19(8,13-2)14-16(5)18(6,7)15(3)4/h15-17H,12-14H2,1-11H3. The molecule has 134 valence electrons. The van der Waals surface area contributed by atoms with E-state index >= 15 is 0 Å². The van der Waals surface area contributed by atoms with E-state index in [0.29, 0.717) is 23.2 Å². The third kappa shape index (κ3) is 4.47. The number of rotatable bonds is 10. The highest BCUT2D eigenvalue weighted by Gasteiger charge is 2.46. The van der Waals surface area contributed by atoms with Crippen LogP contribution in [0.3, 0.4) is 0 Å². The molecule has 0 aliphatic heterocycles. The summed E-state index contributed by atoms with van der Waals surface area (Å²) in [5, 5.41) is 0. The highest BCUT2D eigenvalue weighted by atomic mass is 16.7. The molecule has 0 rings (SSSR count). The maximum atomic E-state index is 5.78.